The summed E-state index contributed by atoms with van der Waals surface area (Å²) in [4.78, 5) is 14.3. The van der Waals surface area contributed by atoms with Gasteiger partial charge in [-0.3, -0.25) is 9.89 Å². The minimum absolute atomic E-state index is 0.151. The van der Waals surface area contributed by atoms with Crippen LogP contribution in [0.2, 0.25) is 0 Å². The van der Waals surface area contributed by atoms with Crippen LogP contribution in [0.25, 0.3) is 22.2 Å². The zero-order valence-corrected chi connectivity index (χ0v) is 17.4. The van der Waals surface area contributed by atoms with E-state index in [2.05, 4.69) is 26.1 Å². The molecule has 29 heavy (non-hydrogen) atoms. The number of nitrogens with zero attached hydrogens (tertiary/aromatic N) is 2. The van der Waals surface area contributed by atoms with Crippen molar-refractivity contribution in [2.24, 2.45) is 0 Å². The van der Waals surface area contributed by atoms with E-state index in [1.54, 1.807) is 24.1 Å². The Morgan fingerprint density at radius 2 is 2.07 bits per heavy atom. The SMILES string of the molecule is CN(CCCc1cc(-c2cccc(F)c2)n[nH]1)C(=O)c1cc2cc(Br)ccc2o1. The monoisotopic (exact) mass is 455 g/mol. The molecule has 0 atom stereocenters. The van der Waals surface area contributed by atoms with Crippen molar-refractivity contribution in [3.63, 3.8) is 0 Å². The summed E-state index contributed by atoms with van der Waals surface area (Å²) in [6, 6.07) is 15.7. The van der Waals surface area contributed by atoms with Gasteiger partial charge in [0.05, 0.1) is 5.69 Å². The molecule has 0 unspecified atom stereocenters. The molecule has 0 aliphatic heterocycles. The average Bonchev–Trinajstić information content (AvgIpc) is 3.34. The predicted molar refractivity (Wildman–Crippen MR) is 113 cm³/mol. The first kappa shape index (κ1) is 19.4. The van der Waals surface area contributed by atoms with E-state index in [1.807, 2.05) is 30.3 Å². The molecule has 0 radical (unpaired) electrons. The predicted octanol–water partition coefficient (Wildman–Crippen LogP) is 5.43. The summed E-state index contributed by atoms with van der Waals surface area (Å²) < 4.78 is 20.0. The third-order valence-electron chi connectivity index (χ3n) is 4.73. The first-order valence-electron chi connectivity index (χ1n) is 9.24. The smallest absolute Gasteiger partial charge is 0.289 e. The number of hydrogen-bond acceptors (Lipinski definition) is 3. The summed E-state index contributed by atoms with van der Waals surface area (Å²) in [6.07, 6.45) is 1.49. The van der Waals surface area contributed by atoms with Crippen LogP contribution in [0.5, 0.6) is 0 Å². The number of amides is 1. The molecule has 1 amide bonds. The van der Waals surface area contributed by atoms with Gasteiger partial charge >= 0.3 is 0 Å². The maximum absolute atomic E-state index is 13.4. The molecule has 2 aromatic carbocycles. The Morgan fingerprint density at radius 1 is 1.21 bits per heavy atom. The summed E-state index contributed by atoms with van der Waals surface area (Å²) in [7, 11) is 1.76. The van der Waals surface area contributed by atoms with E-state index in [9.17, 15) is 9.18 Å². The Hall–Kier alpha value is -2.93. The Bertz CT molecular complexity index is 1170. The summed E-state index contributed by atoms with van der Waals surface area (Å²) in [5, 5.41) is 8.12. The molecule has 4 aromatic rings. The van der Waals surface area contributed by atoms with Gasteiger partial charge in [0.1, 0.15) is 11.4 Å². The number of carbonyl (C=O) groups is 1. The molecule has 1 N–H and O–H groups in total. The maximum atomic E-state index is 13.4. The van der Waals surface area contributed by atoms with Crippen molar-refractivity contribution in [1.82, 2.24) is 15.1 Å². The average molecular weight is 456 g/mol. The fraction of sp³-hybridized carbons (Fsp3) is 0.182. The van der Waals surface area contributed by atoms with Crippen molar-refractivity contribution in [3.05, 3.63) is 76.3 Å². The van der Waals surface area contributed by atoms with Gasteiger partial charge in [0.25, 0.3) is 5.91 Å². The van der Waals surface area contributed by atoms with Crippen LogP contribution in [0, 0.1) is 5.82 Å². The van der Waals surface area contributed by atoms with E-state index in [0.717, 1.165) is 34.0 Å². The standard InChI is InChI=1S/C22H19BrFN3O2/c1-27(22(28)21-12-15-10-16(23)7-8-20(15)29-21)9-3-6-18-13-19(26-25-18)14-4-2-5-17(24)11-14/h2,4-5,7-8,10-13H,3,6,9H2,1H3,(H,25,26). The summed E-state index contributed by atoms with van der Waals surface area (Å²) in [6.45, 7) is 0.577. The Morgan fingerprint density at radius 3 is 2.90 bits per heavy atom. The Kier molecular flexibility index (Phi) is 5.49. The number of benzene rings is 2. The molecule has 0 bridgehead atoms. The van der Waals surface area contributed by atoms with Gasteiger partial charge in [0.2, 0.25) is 0 Å². The van der Waals surface area contributed by atoms with Crippen LogP contribution in [0.4, 0.5) is 4.39 Å². The van der Waals surface area contributed by atoms with Crippen molar-refractivity contribution in [2.75, 3.05) is 13.6 Å². The third kappa shape index (κ3) is 4.40. The van der Waals surface area contributed by atoms with Crippen LogP contribution in [0.1, 0.15) is 22.7 Å². The molecule has 5 nitrogen and oxygen atoms in total. The zero-order valence-electron chi connectivity index (χ0n) is 15.8. The molecular formula is C22H19BrFN3O2. The number of nitrogens with one attached hydrogen (secondary N) is 1. The van der Waals surface area contributed by atoms with Gasteiger partial charge in [-0.25, -0.2) is 4.39 Å². The van der Waals surface area contributed by atoms with Gasteiger partial charge in [-0.1, -0.05) is 28.1 Å². The lowest BCUT2D eigenvalue weighted by Crippen LogP contribution is -2.27. The van der Waals surface area contributed by atoms with Crippen LogP contribution in [-0.4, -0.2) is 34.6 Å². The van der Waals surface area contributed by atoms with E-state index in [1.165, 1.54) is 12.1 Å². The van der Waals surface area contributed by atoms with Crippen molar-refractivity contribution in [2.45, 2.75) is 12.8 Å². The molecule has 0 spiro atoms. The van der Waals surface area contributed by atoms with Gasteiger partial charge in [0, 0.05) is 34.7 Å². The number of fused-ring (bicyclic) bond motifs is 1. The first-order valence-corrected chi connectivity index (χ1v) is 10.0. The lowest BCUT2D eigenvalue weighted by Gasteiger charge is -2.15. The second kappa shape index (κ2) is 8.21. The number of aromatic amines is 1. The van der Waals surface area contributed by atoms with Crippen molar-refractivity contribution >= 4 is 32.8 Å². The third-order valence-corrected chi connectivity index (χ3v) is 5.22. The topological polar surface area (TPSA) is 62.1 Å². The molecule has 2 heterocycles. The van der Waals surface area contributed by atoms with Gasteiger partial charge < -0.3 is 9.32 Å². The minimum Gasteiger partial charge on any atom is -0.451 e. The number of furan rings is 1. The van der Waals surface area contributed by atoms with Crippen LogP contribution in [-0.2, 0) is 6.42 Å². The Balaban J connectivity index is 1.34. The van der Waals surface area contributed by atoms with Crippen molar-refractivity contribution in [3.8, 4) is 11.3 Å². The molecule has 2 aromatic heterocycles. The second-order valence-corrected chi connectivity index (χ2v) is 7.83. The van der Waals surface area contributed by atoms with Crippen LogP contribution in [0.3, 0.4) is 0 Å². The summed E-state index contributed by atoms with van der Waals surface area (Å²) in [5.74, 6) is -0.108. The number of halogens is 2. The normalized spacial score (nSPS) is 11.1. The van der Waals surface area contributed by atoms with E-state index in [-0.39, 0.29) is 11.7 Å². The number of aromatic nitrogens is 2. The number of hydrogen-bond donors (Lipinski definition) is 1. The van der Waals surface area contributed by atoms with Crippen molar-refractivity contribution in [1.29, 1.82) is 0 Å². The molecule has 0 fully saturated rings. The lowest BCUT2D eigenvalue weighted by molar-refractivity contribution is 0.0764. The van der Waals surface area contributed by atoms with E-state index >= 15 is 0 Å². The van der Waals surface area contributed by atoms with E-state index in [0.29, 0.717) is 23.6 Å². The lowest BCUT2D eigenvalue weighted by atomic mass is 10.1. The fourth-order valence-corrected chi connectivity index (χ4v) is 3.58. The van der Waals surface area contributed by atoms with Crippen LogP contribution in [0.15, 0.2) is 63.5 Å². The maximum Gasteiger partial charge on any atom is 0.289 e. The minimum atomic E-state index is -0.287. The van der Waals surface area contributed by atoms with Gasteiger partial charge in [-0.15, -0.1) is 0 Å². The fourth-order valence-electron chi connectivity index (χ4n) is 3.20. The first-order chi connectivity index (χ1) is 14.0. The molecule has 0 aliphatic carbocycles. The van der Waals surface area contributed by atoms with Gasteiger partial charge in [-0.2, -0.15) is 5.10 Å². The Labute approximate surface area is 175 Å². The highest BCUT2D eigenvalue weighted by Crippen LogP contribution is 2.24. The quantitative estimate of drug-likeness (QED) is 0.421. The molecule has 0 saturated carbocycles. The highest BCUT2D eigenvalue weighted by molar-refractivity contribution is 9.10. The number of carbonyl (C=O) groups excluding carboxylic acids is 1. The molecule has 4 rings (SSSR count). The van der Waals surface area contributed by atoms with Crippen molar-refractivity contribution < 1.29 is 13.6 Å². The van der Waals surface area contributed by atoms with Gasteiger partial charge in [0.15, 0.2) is 5.76 Å². The number of rotatable bonds is 6. The molecule has 148 valence electrons. The zero-order chi connectivity index (χ0) is 20.4. The van der Waals surface area contributed by atoms with E-state index < -0.39 is 0 Å². The van der Waals surface area contributed by atoms with E-state index in [4.69, 9.17) is 4.42 Å². The summed E-state index contributed by atoms with van der Waals surface area (Å²) >= 11 is 3.42. The van der Waals surface area contributed by atoms with Gasteiger partial charge in [-0.05, 0) is 55.3 Å². The highest BCUT2D eigenvalue weighted by atomic mass is 79.9. The number of aryl methyl sites for hydroxylation is 1. The second-order valence-electron chi connectivity index (χ2n) is 6.91. The van der Waals surface area contributed by atoms with Crippen LogP contribution < -0.4 is 0 Å². The number of H-pyrrole nitrogens is 1. The van der Waals surface area contributed by atoms with Crippen LogP contribution >= 0.6 is 15.9 Å². The molecular weight excluding hydrogens is 437 g/mol. The molecule has 0 aliphatic rings. The molecule has 7 heteroatoms. The molecule has 0 saturated heterocycles. The largest absolute Gasteiger partial charge is 0.451 e. The highest BCUT2D eigenvalue weighted by Gasteiger charge is 2.17. The summed E-state index contributed by atoms with van der Waals surface area (Å²) in [5.41, 5.74) is 3.07.